The van der Waals surface area contributed by atoms with E-state index in [-0.39, 0.29) is 0 Å². The Morgan fingerprint density at radius 3 is 2.22 bits per heavy atom. The number of rotatable bonds is 3. The van der Waals surface area contributed by atoms with Crippen LogP contribution in [0.5, 0.6) is 0 Å². The lowest BCUT2D eigenvalue weighted by molar-refractivity contribution is 1.11. The molecule has 0 heterocycles. The van der Waals surface area contributed by atoms with Crippen LogP contribution in [0.1, 0.15) is 5.56 Å². The Morgan fingerprint density at radius 1 is 0.944 bits per heavy atom. The molecule has 0 N–H and O–H groups in total. The van der Waals surface area contributed by atoms with Gasteiger partial charge in [-0.1, -0.05) is 40.2 Å². The quantitative estimate of drug-likeness (QED) is 0.794. The first kappa shape index (κ1) is 13.2. The fourth-order valence-corrected chi connectivity index (χ4v) is 2.83. The molecule has 0 amide bonds. The highest BCUT2D eigenvalue weighted by atomic mass is 79.9. The van der Waals surface area contributed by atoms with Crippen molar-refractivity contribution in [1.82, 2.24) is 0 Å². The van der Waals surface area contributed by atoms with Crippen LogP contribution >= 0.6 is 15.9 Å². The molecule has 0 saturated carbocycles. The van der Waals surface area contributed by atoms with Gasteiger partial charge in [-0.2, -0.15) is 0 Å². The molecule has 2 nitrogen and oxygen atoms in total. The number of nitrogens with zero attached hydrogens (tertiary/aromatic N) is 2. The Balaban J connectivity index is 2.88. The van der Waals surface area contributed by atoms with Crippen LogP contribution in [0.3, 0.4) is 0 Å². The smallest absolute Gasteiger partial charge is 0.0502 e. The third kappa shape index (κ3) is 2.19. The van der Waals surface area contributed by atoms with Crippen molar-refractivity contribution in [3.8, 4) is 0 Å². The van der Waals surface area contributed by atoms with Gasteiger partial charge >= 0.3 is 0 Å². The van der Waals surface area contributed by atoms with Crippen molar-refractivity contribution in [2.75, 3.05) is 38.0 Å². The lowest BCUT2D eigenvalue weighted by Gasteiger charge is -2.24. The number of fused-ring (bicyclic) bond motifs is 1. The maximum Gasteiger partial charge on any atom is 0.0502 e. The fourth-order valence-electron chi connectivity index (χ4n) is 2.38. The first-order chi connectivity index (χ1) is 8.56. The van der Waals surface area contributed by atoms with Gasteiger partial charge in [-0.25, -0.2) is 0 Å². The maximum atomic E-state index is 3.58. The van der Waals surface area contributed by atoms with Crippen molar-refractivity contribution < 1.29 is 0 Å². The van der Waals surface area contributed by atoms with Crippen molar-refractivity contribution in [2.45, 2.75) is 5.33 Å². The van der Waals surface area contributed by atoms with Crippen LogP contribution in [0, 0.1) is 0 Å². The molecule has 0 aliphatic rings. The molecule has 0 fully saturated rings. The minimum Gasteiger partial charge on any atom is -0.377 e. The van der Waals surface area contributed by atoms with E-state index in [1.54, 1.807) is 0 Å². The highest BCUT2D eigenvalue weighted by molar-refractivity contribution is 9.08. The third-order valence-corrected chi connectivity index (χ3v) is 3.76. The number of anilines is 2. The highest BCUT2D eigenvalue weighted by Crippen LogP contribution is 2.37. The van der Waals surface area contributed by atoms with E-state index < -0.39 is 0 Å². The molecular formula is C15H19BrN2. The first-order valence-corrected chi connectivity index (χ1v) is 7.13. The van der Waals surface area contributed by atoms with Crippen LogP contribution in [0.4, 0.5) is 11.4 Å². The number of benzene rings is 2. The predicted octanol–water partition coefficient (Wildman–Crippen LogP) is 3.87. The molecule has 3 heteroatoms. The molecule has 0 aliphatic heterocycles. The van der Waals surface area contributed by atoms with E-state index in [1.807, 2.05) is 0 Å². The summed E-state index contributed by atoms with van der Waals surface area (Å²) < 4.78 is 0. The number of alkyl halides is 1. The van der Waals surface area contributed by atoms with Gasteiger partial charge in [0, 0.05) is 44.6 Å². The second kappa shape index (κ2) is 5.19. The average molecular weight is 307 g/mol. The lowest BCUT2D eigenvalue weighted by Crippen LogP contribution is -2.14. The van der Waals surface area contributed by atoms with E-state index in [9.17, 15) is 0 Å². The van der Waals surface area contributed by atoms with Gasteiger partial charge in [-0.15, -0.1) is 0 Å². The molecule has 18 heavy (non-hydrogen) atoms. The molecule has 0 aliphatic carbocycles. The maximum absolute atomic E-state index is 3.58. The Bertz CT molecular complexity index is 562. The topological polar surface area (TPSA) is 6.48 Å². The van der Waals surface area contributed by atoms with E-state index in [4.69, 9.17) is 0 Å². The highest BCUT2D eigenvalue weighted by Gasteiger charge is 2.13. The van der Waals surface area contributed by atoms with E-state index >= 15 is 0 Å². The molecule has 0 aromatic heterocycles. The summed E-state index contributed by atoms with van der Waals surface area (Å²) in [6, 6.07) is 10.9. The van der Waals surface area contributed by atoms with Crippen molar-refractivity contribution >= 4 is 38.1 Å². The van der Waals surface area contributed by atoms with Crippen LogP contribution in [0.15, 0.2) is 30.3 Å². The molecule has 0 unspecified atom stereocenters. The van der Waals surface area contributed by atoms with E-state index in [0.29, 0.717) is 0 Å². The molecule has 0 saturated heterocycles. The molecule has 2 rings (SSSR count). The summed E-state index contributed by atoms with van der Waals surface area (Å²) >= 11 is 3.58. The first-order valence-electron chi connectivity index (χ1n) is 6.01. The molecule has 0 spiro atoms. The van der Waals surface area contributed by atoms with Gasteiger partial charge in [-0.3, -0.25) is 0 Å². The molecule has 0 atom stereocenters. The van der Waals surface area contributed by atoms with E-state index in [1.165, 1.54) is 27.7 Å². The van der Waals surface area contributed by atoms with Gasteiger partial charge in [-0.05, 0) is 17.0 Å². The summed E-state index contributed by atoms with van der Waals surface area (Å²) in [4.78, 5) is 4.37. The predicted molar refractivity (Wildman–Crippen MR) is 85.2 cm³/mol. The van der Waals surface area contributed by atoms with Crippen molar-refractivity contribution in [1.29, 1.82) is 0 Å². The van der Waals surface area contributed by atoms with Crippen molar-refractivity contribution in [2.24, 2.45) is 0 Å². The average Bonchev–Trinajstić information content (AvgIpc) is 2.35. The minimum atomic E-state index is 0.873. The molecule has 2 aromatic rings. The van der Waals surface area contributed by atoms with Crippen LogP contribution in [0.25, 0.3) is 10.8 Å². The molecule has 96 valence electrons. The zero-order valence-electron chi connectivity index (χ0n) is 11.4. The molecule has 0 bridgehead atoms. The Hall–Kier alpha value is -1.22. The SMILES string of the molecule is CN(C)c1cccc2ccc(CBr)c(N(C)C)c12. The number of hydrogen-bond donors (Lipinski definition) is 0. The monoisotopic (exact) mass is 306 g/mol. The van der Waals surface area contributed by atoms with Crippen LogP contribution in [0.2, 0.25) is 0 Å². The van der Waals surface area contributed by atoms with Gasteiger partial charge in [0.15, 0.2) is 0 Å². The summed E-state index contributed by atoms with van der Waals surface area (Å²) in [6.07, 6.45) is 0. The van der Waals surface area contributed by atoms with Crippen LogP contribution in [-0.2, 0) is 5.33 Å². The lowest BCUT2D eigenvalue weighted by atomic mass is 10.0. The second-order valence-electron chi connectivity index (χ2n) is 4.87. The van der Waals surface area contributed by atoms with Gasteiger partial charge in [0.05, 0.1) is 5.69 Å². The summed E-state index contributed by atoms with van der Waals surface area (Å²) in [6.45, 7) is 0. The molecular weight excluding hydrogens is 288 g/mol. The number of halogens is 1. The van der Waals surface area contributed by atoms with Crippen LogP contribution < -0.4 is 9.80 Å². The Labute approximate surface area is 117 Å². The summed E-state index contributed by atoms with van der Waals surface area (Å²) in [5.74, 6) is 0. The fraction of sp³-hybridized carbons (Fsp3) is 0.333. The second-order valence-corrected chi connectivity index (χ2v) is 5.43. The zero-order valence-corrected chi connectivity index (χ0v) is 13.0. The van der Waals surface area contributed by atoms with Gasteiger partial charge in [0.2, 0.25) is 0 Å². The third-order valence-electron chi connectivity index (χ3n) is 3.15. The summed E-state index contributed by atoms with van der Waals surface area (Å²) in [7, 11) is 8.39. The van der Waals surface area contributed by atoms with Gasteiger partial charge in [0.25, 0.3) is 0 Å². The van der Waals surface area contributed by atoms with E-state index in [2.05, 4.69) is 84.3 Å². The molecule has 0 radical (unpaired) electrons. The molecule has 2 aromatic carbocycles. The van der Waals surface area contributed by atoms with Crippen molar-refractivity contribution in [3.05, 3.63) is 35.9 Å². The summed E-state index contributed by atoms with van der Waals surface area (Å²) in [5, 5.41) is 3.48. The standard InChI is InChI=1S/C15H19BrN2/c1-17(2)13-7-5-6-11-8-9-12(10-16)15(14(11)13)18(3)4/h5-9H,10H2,1-4H3. The normalized spacial score (nSPS) is 10.7. The largest absolute Gasteiger partial charge is 0.377 e. The van der Waals surface area contributed by atoms with Gasteiger partial charge < -0.3 is 9.80 Å². The Morgan fingerprint density at radius 2 is 1.67 bits per heavy atom. The van der Waals surface area contributed by atoms with Gasteiger partial charge in [0.1, 0.15) is 0 Å². The van der Waals surface area contributed by atoms with Crippen LogP contribution in [-0.4, -0.2) is 28.2 Å². The zero-order chi connectivity index (χ0) is 13.3. The Kier molecular flexibility index (Phi) is 3.81. The minimum absolute atomic E-state index is 0.873. The van der Waals surface area contributed by atoms with E-state index in [0.717, 1.165) is 5.33 Å². The van der Waals surface area contributed by atoms with Crippen molar-refractivity contribution in [3.63, 3.8) is 0 Å². The number of hydrogen-bond acceptors (Lipinski definition) is 2. The summed E-state index contributed by atoms with van der Waals surface area (Å²) in [5.41, 5.74) is 3.88.